The first-order valence-corrected chi connectivity index (χ1v) is 6.44. The molecule has 0 radical (unpaired) electrons. The molecule has 7 heteroatoms. The minimum Gasteiger partial charge on any atom is -0.390 e. The van der Waals surface area contributed by atoms with Crippen LogP contribution in [0.3, 0.4) is 0 Å². The van der Waals surface area contributed by atoms with Gasteiger partial charge in [0.15, 0.2) is 0 Å². The second-order valence-corrected chi connectivity index (χ2v) is 5.47. The molecule has 0 saturated carbocycles. The van der Waals surface area contributed by atoms with E-state index in [4.69, 9.17) is 9.63 Å². The summed E-state index contributed by atoms with van der Waals surface area (Å²) in [5.74, 6) is 0. The van der Waals surface area contributed by atoms with E-state index in [-0.39, 0.29) is 27.6 Å². The lowest BCUT2D eigenvalue weighted by Gasteiger charge is -2.16. The van der Waals surface area contributed by atoms with Gasteiger partial charge in [-0.05, 0) is 6.92 Å². The van der Waals surface area contributed by atoms with Crippen LogP contribution in [0, 0.1) is 0 Å². The SMILES string of the molecule is C.C.CC1CC(O)C(COP(=O)(O)CC=O)O1. The van der Waals surface area contributed by atoms with Crippen molar-refractivity contribution in [1.82, 2.24) is 0 Å². The van der Waals surface area contributed by atoms with E-state index in [0.29, 0.717) is 12.7 Å². The molecule has 0 bridgehead atoms. The Morgan fingerprint density at radius 2 is 2.12 bits per heavy atom. The van der Waals surface area contributed by atoms with Gasteiger partial charge in [-0.2, -0.15) is 0 Å². The lowest BCUT2D eigenvalue weighted by molar-refractivity contribution is -0.106. The van der Waals surface area contributed by atoms with E-state index in [0.717, 1.165) is 0 Å². The molecule has 17 heavy (non-hydrogen) atoms. The lowest BCUT2D eigenvalue weighted by atomic mass is 10.1. The van der Waals surface area contributed by atoms with Crippen LogP contribution < -0.4 is 0 Å². The van der Waals surface area contributed by atoms with Gasteiger partial charge in [-0.15, -0.1) is 0 Å². The fourth-order valence-electron chi connectivity index (χ4n) is 1.42. The van der Waals surface area contributed by atoms with Crippen molar-refractivity contribution < 1.29 is 28.6 Å². The number of carbonyl (C=O) groups is 1. The standard InChI is InChI=1S/C8H15O6P.2CH4/c1-6-4-7(10)8(14-6)5-13-15(11,12)3-2-9;;/h2,6-8,10H,3-5H2,1H3,(H,11,12);2*1H4. The molecule has 0 aromatic rings. The van der Waals surface area contributed by atoms with Gasteiger partial charge in [-0.3, -0.25) is 4.57 Å². The Balaban J connectivity index is 0. The highest BCUT2D eigenvalue weighted by molar-refractivity contribution is 7.53. The molecule has 1 aliphatic rings. The quantitative estimate of drug-likeness (QED) is 0.576. The van der Waals surface area contributed by atoms with Gasteiger partial charge in [0.1, 0.15) is 18.6 Å². The molecule has 0 aliphatic carbocycles. The molecule has 4 atom stereocenters. The average molecular weight is 270 g/mol. The Labute approximate surface area is 102 Å². The van der Waals surface area contributed by atoms with Crippen LogP contribution in [0.5, 0.6) is 0 Å². The van der Waals surface area contributed by atoms with Gasteiger partial charge in [-0.1, -0.05) is 14.9 Å². The van der Waals surface area contributed by atoms with Crippen LogP contribution in [0.4, 0.5) is 0 Å². The van der Waals surface area contributed by atoms with Crippen molar-refractivity contribution in [2.24, 2.45) is 0 Å². The average Bonchev–Trinajstić information content (AvgIpc) is 2.42. The van der Waals surface area contributed by atoms with Crippen LogP contribution in [-0.4, -0.2) is 47.4 Å². The van der Waals surface area contributed by atoms with Crippen molar-refractivity contribution in [3.8, 4) is 0 Å². The predicted molar refractivity (Wildman–Crippen MR) is 65.1 cm³/mol. The highest BCUT2D eigenvalue weighted by Crippen LogP contribution is 2.41. The maximum Gasteiger partial charge on any atom is 0.335 e. The van der Waals surface area contributed by atoms with Crippen LogP contribution >= 0.6 is 7.60 Å². The minimum atomic E-state index is -3.85. The van der Waals surface area contributed by atoms with E-state index in [1.807, 2.05) is 0 Å². The Morgan fingerprint density at radius 3 is 2.53 bits per heavy atom. The molecule has 104 valence electrons. The fraction of sp³-hybridized carbons (Fsp3) is 0.900. The van der Waals surface area contributed by atoms with Gasteiger partial charge >= 0.3 is 7.60 Å². The number of hydrogen-bond acceptors (Lipinski definition) is 5. The van der Waals surface area contributed by atoms with E-state index in [1.165, 1.54) is 0 Å². The first kappa shape index (κ1) is 19.1. The van der Waals surface area contributed by atoms with Gasteiger partial charge in [0.25, 0.3) is 0 Å². The Bertz CT molecular complexity index is 270. The molecule has 1 rings (SSSR count). The number of rotatable bonds is 5. The van der Waals surface area contributed by atoms with E-state index in [9.17, 15) is 14.5 Å². The second kappa shape index (κ2) is 7.95. The number of ether oxygens (including phenoxy) is 1. The fourth-order valence-corrected chi connectivity index (χ4v) is 2.10. The third-order valence-electron chi connectivity index (χ3n) is 2.16. The highest BCUT2D eigenvalue weighted by atomic mass is 31.2. The summed E-state index contributed by atoms with van der Waals surface area (Å²) in [6.45, 7) is 1.63. The van der Waals surface area contributed by atoms with E-state index >= 15 is 0 Å². The van der Waals surface area contributed by atoms with Crippen LogP contribution in [-0.2, 0) is 18.6 Å². The summed E-state index contributed by atoms with van der Waals surface area (Å²) in [7, 11) is -3.85. The van der Waals surface area contributed by atoms with Crippen LogP contribution in [0.2, 0.25) is 0 Å². The van der Waals surface area contributed by atoms with Crippen molar-refractivity contribution in [3.05, 3.63) is 0 Å². The smallest absolute Gasteiger partial charge is 0.335 e. The summed E-state index contributed by atoms with van der Waals surface area (Å²) in [4.78, 5) is 19.1. The molecule has 0 amide bonds. The molecular formula is C10H23O6P. The van der Waals surface area contributed by atoms with Crippen molar-refractivity contribution >= 4 is 13.9 Å². The third-order valence-corrected chi connectivity index (χ3v) is 3.32. The Morgan fingerprint density at radius 1 is 1.53 bits per heavy atom. The zero-order valence-corrected chi connectivity index (χ0v) is 9.30. The van der Waals surface area contributed by atoms with Crippen LogP contribution in [0.25, 0.3) is 0 Å². The zero-order valence-electron chi connectivity index (χ0n) is 8.41. The molecule has 4 unspecified atom stereocenters. The number of carbonyl (C=O) groups excluding carboxylic acids is 1. The van der Waals surface area contributed by atoms with Gasteiger partial charge < -0.3 is 24.1 Å². The molecule has 6 nitrogen and oxygen atoms in total. The number of aliphatic hydroxyl groups is 1. The minimum absolute atomic E-state index is 0. The molecule has 2 N–H and O–H groups in total. The normalized spacial score (nSPS) is 30.9. The summed E-state index contributed by atoms with van der Waals surface area (Å²) in [6, 6.07) is 0. The predicted octanol–water partition coefficient (Wildman–Crippen LogP) is 1.20. The summed E-state index contributed by atoms with van der Waals surface area (Å²) in [5.41, 5.74) is 0. The molecule has 0 aromatic carbocycles. The molecule has 1 heterocycles. The summed E-state index contributed by atoms with van der Waals surface area (Å²) in [6.07, 6.45) is -1.08. The number of aliphatic hydroxyl groups excluding tert-OH is 1. The van der Waals surface area contributed by atoms with Crippen molar-refractivity contribution in [2.45, 2.75) is 46.5 Å². The molecule has 0 spiro atoms. The van der Waals surface area contributed by atoms with Gasteiger partial charge in [0, 0.05) is 6.42 Å². The van der Waals surface area contributed by atoms with Gasteiger partial charge in [0.05, 0.1) is 18.8 Å². The van der Waals surface area contributed by atoms with Crippen molar-refractivity contribution in [2.75, 3.05) is 12.8 Å². The monoisotopic (exact) mass is 270 g/mol. The van der Waals surface area contributed by atoms with Crippen molar-refractivity contribution in [3.63, 3.8) is 0 Å². The molecule has 0 aromatic heterocycles. The Kier molecular flexibility index (Phi) is 8.93. The van der Waals surface area contributed by atoms with Crippen LogP contribution in [0.1, 0.15) is 28.2 Å². The molecule has 1 aliphatic heterocycles. The maximum absolute atomic E-state index is 11.1. The summed E-state index contributed by atoms with van der Waals surface area (Å²) >= 11 is 0. The van der Waals surface area contributed by atoms with Gasteiger partial charge in [-0.25, -0.2) is 0 Å². The first-order chi connectivity index (χ1) is 6.94. The molecule has 1 fully saturated rings. The first-order valence-electron chi connectivity index (χ1n) is 4.68. The second-order valence-electron chi connectivity index (χ2n) is 3.57. The lowest BCUT2D eigenvalue weighted by Crippen LogP contribution is -2.26. The maximum atomic E-state index is 11.1. The van der Waals surface area contributed by atoms with Crippen LogP contribution in [0.15, 0.2) is 0 Å². The topological polar surface area (TPSA) is 93.1 Å². The summed E-state index contributed by atoms with van der Waals surface area (Å²) < 4.78 is 21.0. The van der Waals surface area contributed by atoms with E-state index in [1.54, 1.807) is 6.92 Å². The largest absolute Gasteiger partial charge is 0.390 e. The molecular weight excluding hydrogens is 247 g/mol. The molecule has 1 saturated heterocycles. The van der Waals surface area contributed by atoms with Gasteiger partial charge in [0.2, 0.25) is 0 Å². The number of hydrogen-bond donors (Lipinski definition) is 2. The zero-order chi connectivity index (χ0) is 11.5. The number of aldehydes is 1. The summed E-state index contributed by atoms with van der Waals surface area (Å²) in [5, 5.41) is 9.44. The van der Waals surface area contributed by atoms with E-state index < -0.39 is 26.0 Å². The highest BCUT2D eigenvalue weighted by Gasteiger charge is 2.33. The third kappa shape index (κ3) is 6.29. The van der Waals surface area contributed by atoms with E-state index in [2.05, 4.69) is 4.52 Å². The van der Waals surface area contributed by atoms with Crippen molar-refractivity contribution in [1.29, 1.82) is 0 Å². The Hall–Kier alpha value is -0.260.